The van der Waals surface area contributed by atoms with Crippen molar-refractivity contribution >= 4 is 11.9 Å². The highest BCUT2D eigenvalue weighted by atomic mass is 19.1. The lowest BCUT2D eigenvalue weighted by Crippen LogP contribution is -2.14. The molecule has 0 saturated carbocycles. The number of carbonyl (C=O) groups excluding carboxylic acids is 2. The van der Waals surface area contributed by atoms with Crippen molar-refractivity contribution in [1.82, 2.24) is 0 Å². The van der Waals surface area contributed by atoms with Gasteiger partial charge in [0.25, 0.3) is 0 Å². The molecule has 6 heteroatoms. The van der Waals surface area contributed by atoms with E-state index in [2.05, 4.69) is 0 Å². The van der Waals surface area contributed by atoms with Gasteiger partial charge in [0.05, 0.1) is 12.8 Å². The van der Waals surface area contributed by atoms with Gasteiger partial charge >= 0.3 is 11.9 Å². The number of halogens is 2. The fraction of sp³-hybridized carbons (Fsp3) is 0.125. The topological polar surface area (TPSA) is 52.6 Å². The van der Waals surface area contributed by atoms with Crippen molar-refractivity contribution in [2.24, 2.45) is 0 Å². The summed E-state index contributed by atoms with van der Waals surface area (Å²) in [6.07, 6.45) is -0.608. The molecule has 0 N–H and O–H groups in total. The molecule has 0 heterocycles. The Morgan fingerprint density at radius 1 is 0.727 bits per heavy atom. The minimum atomic E-state index is -0.782. The molecule has 0 amide bonds. The Hall–Kier alpha value is -2.76. The van der Waals surface area contributed by atoms with E-state index in [1.54, 1.807) is 0 Å². The molecule has 0 aliphatic rings. The van der Waals surface area contributed by atoms with E-state index in [4.69, 9.17) is 9.47 Å². The van der Waals surface area contributed by atoms with Gasteiger partial charge in [0.15, 0.2) is 23.1 Å². The average Bonchev–Trinajstić information content (AvgIpc) is 2.50. The number of hydrogen-bond donors (Lipinski definition) is 0. The Morgan fingerprint density at radius 3 is 1.45 bits per heavy atom. The molecule has 0 atom stereocenters. The Balaban J connectivity index is 1.82. The number of hydrogen-bond acceptors (Lipinski definition) is 4. The summed E-state index contributed by atoms with van der Waals surface area (Å²) in [6.45, 7) is 0. The van der Waals surface area contributed by atoms with Gasteiger partial charge in [0.1, 0.15) is 0 Å². The summed E-state index contributed by atoms with van der Waals surface area (Å²) in [5.74, 6) is -3.34. The third kappa shape index (κ3) is 4.37. The van der Waals surface area contributed by atoms with Crippen molar-refractivity contribution in [3.63, 3.8) is 0 Å². The van der Waals surface area contributed by atoms with Gasteiger partial charge in [-0.15, -0.1) is 0 Å². The number of esters is 2. The van der Waals surface area contributed by atoms with Crippen molar-refractivity contribution in [2.75, 3.05) is 0 Å². The lowest BCUT2D eigenvalue weighted by atomic mass is 10.3. The van der Waals surface area contributed by atoms with Gasteiger partial charge in [-0.25, -0.2) is 8.78 Å². The Labute approximate surface area is 125 Å². The number of carbonyl (C=O) groups is 2. The summed E-state index contributed by atoms with van der Waals surface area (Å²) in [7, 11) is 0. The Kier molecular flexibility index (Phi) is 5.19. The SMILES string of the molecule is O=C(CCC(=O)Oc1ccccc1F)Oc1ccccc1F. The molecule has 0 aromatic heterocycles. The average molecular weight is 306 g/mol. The van der Waals surface area contributed by atoms with Gasteiger partial charge in [-0.3, -0.25) is 9.59 Å². The maximum atomic E-state index is 13.3. The summed E-state index contributed by atoms with van der Waals surface area (Å²) in [5, 5.41) is 0. The smallest absolute Gasteiger partial charge is 0.311 e. The molecule has 0 aliphatic heterocycles. The van der Waals surface area contributed by atoms with Crippen LogP contribution < -0.4 is 9.47 Å². The van der Waals surface area contributed by atoms with Crippen molar-refractivity contribution in [2.45, 2.75) is 12.8 Å². The van der Waals surface area contributed by atoms with Gasteiger partial charge in [0, 0.05) is 0 Å². The third-order valence-corrected chi connectivity index (χ3v) is 2.65. The van der Waals surface area contributed by atoms with Gasteiger partial charge < -0.3 is 9.47 Å². The monoisotopic (exact) mass is 306 g/mol. The molecule has 0 spiro atoms. The van der Waals surface area contributed by atoms with Gasteiger partial charge in [-0.05, 0) is 24.3 Å². The summed E-state index contributed by atoms with van der Waals surface area (Å²) >= 11 is 0. The molecule has 2 rings (SSSR count). The Bertz CT molecular complexity index is 626. The summed E-state index contributed by atoms with van der Waals surface area (Å²) in [6, 6.07) is 10.8. The van der Waals surface area contributed by atoms with E-state index in [1.807, 2.05) is 0 Å². The molecule has 2 aromatic carbocycles. The van der Waals surface area contributed by atoms with E-state index in [0.717, 1.165) is 12.1 Å². The zero-order valence-corrected chi connectivity index (χ0v) is 11.4. The van der Waals surface area contributed by atoms with Crippen LogP contribution in [0.15, 0.2) is 48.5 Å². The van der Waals surface area contributed by atoms with Crippen molar-refractivity contribution in [3.8, 4) is 11.5 Å². The van der Waals surface area contributed by atoms with Crippen LogP contribution in [-0.2, 0) is 9.59 Å². The van der Waals surface area contributed by atoms with Crippen LogP contribution in [0.4, 0.5) is 8.78 Å². The molecule has 0 fully saturated rings. The highest BCUT2D eigenvalue weighted by molar-refractivity contribution is 5.80. The standard InChI is InChI=1S/C16H12F2O4/c17-11-5-1-3-7-13(11)21-15(19)9-10-16(20)22-14-8-4-2-6-12(14)18/h1-8H,9-10H2. The summed E-state index contributed by atoms with van der Waals surface area (Å²) in [5.41, 5.74) is 0. The first kappa shape index (κ1) is 15.6. The first-order chi connectivity index (χ1) is 10.6. The number of ether oxygens (including phenoxy) is 2. The first-order valence-corrected chi connectivity index (χ1v) is 6.46. The van der Waals surface area contributed by atoms with Gasteiger partial charge in [0.2, 0.25) is 0 Å². The predicted molar refractivity (Wildman–Crippen MR) is 73.3 cm³/mol. The third-order valence-electron chi connectivity index (χ3n) is 2.65. The van der Waals surface area contributed by atoms with E-state index >= 15 is 0 Å². The second kappa shape index (κ2) is 7.31. The molecule has 0 aliphatic carbocycles. The number of benzene rings is 2. The van der Waals surface area contributed by atoms with Crippen LogP contribution in [0, 0.1) is 11.6 Å². The number of para-hydroxylation sites is 2. The van der Waals surface area contributed by atoms with Gasteiger partial charge in [-0.2, -0.15) is 0 Å². The minimum absolute atomic E-state index is 0.213. The van der Waals surface area contributed by atoms with Crippen molar-refractivity contribution in [1.29, 1.82) is 0 Å². The lowest BCUT2D eigenvalue weighted by Gasteiger charge is -2.06. The van der Waals surface area contributed by atoms with Crippen LogP contribution in [0.3, 0.4) is 0 Å². The van der Waals surface area contributed by atoms with Crippen LogP contribution >= 0.6 is 0 Å². The Morgan fingerprint density at radius 2 is 1.09 bits per heavy atom. The van der Waals surface area contributed by atoms with E-state index in [9.17, 15) is 18.4 Å². The predicted octanol–water partition coefficient (Wildman–Crippen LogP) is 3.26. The van der Waals surface area contributed by atoms with E-state index in [-0.39, 0.29) is 24.3 Å². The number of rotatable bonds is 5. The second-order valence-corrected chi connectivity index (χ2v) is 4.31. The molecule has 0 bridgehead atoms. The van der Waals surface area contributed by atoms with Crippen LogP contribution in [0.5, 0.6) is 11.5 Å². The van der Waals surface area contributed by atoms with Crippen LogP contribution in [0.2, 0.25) is 0 Å². The van der Waals surface area contributed by atoms with E-state index < -0.39 is 23.6 Å². The van der Waals surface area contributed by atoms with Crippen LogP contribution in [-0.4, -0.2) is 11.9 Å². The maximum Gasteiger partial charge on any atom is 0.311 e. The van der Waals surface area contributed by atoms with Crippen molar-refractivity contribution < 1.29 is 27.8 Å². The zero-order valence-electron chi connectivity index (χ0n) is 11.4. The molecule has 22 heavy (non-hydrogen) atoms. The summed E-state index contributed by atoms with van der Waals surface area (Å²) in [4.78, 5) is 23.0. The molecule has 114 valence electrons. The van der Waals surface area contributed by atoms with E-state index in [1.165, 1.54) is 36.4 Å². The molecule has 0 saturated heterocycles. The largest absolute Gasteiger partial charge is 0.423 e. The van der Waals surface area contributed by atoms with Crippen LogP contribution in [0.1, 0.15) is 12.8 Å². The fourth-order valence-electron chi connectivity index (χ4n) is 1.61. The normalized spacial score (nSPS) is 10.1. The van der Waals surface area contributed by atoms with Crippen molar-refractivity contribution in [3.05, 3.63) is 60.2 Å². The zero-order chi connectivity index (χ0) is 15.9. The van der Waals surface area contributed by atoms with E-state index in [0.29, 0.717) is 0 Å². The first-order valence-electron chi connectivity index (χ1n) is 6.46. The molecular weight excluding hydrogens is 294 g/mol. The van der Waals surface area contributed by atoms with Gasteiger partial charge in [-0.1, -0.05) is 24.3 Å². The maximum absolute atomic E-state index is 13.3. The highest BCUT2D eigenvalue weighted by Gasteiger charge is 2.14. The molecule has 2 aromatic rings. The fourth-order valence-corrected chi connectivity index (χ4v) is 1.61. The summed E-state index contributed by atoms with van der Waals surface area (Å²) < 4.78 is 36.1. The molecular formula is C16H12F2O4. The minimum Gasteiger partial charge on any atom is -0.423 e. The van der Waals surface area contributed by atoms with Crippen LogP contribution in [0.25, 0.3) is 0 Å². The second-order valence-electron chi connectivity index (χ2n) is 4.31. The molecule has 4 nitrogen and oxygen atoms in total. The molecule has 0 unspecified atom stereocenters. The quantitative estimate of drug-likeness (QED) is 0.628. The highest BCUT2D eigenvalue weighted by Crippen LogP contribution is 2.18. The lowest BCUT2D eigenvalue weighted by molar-refractivity contribution is -0.140. The molecule has 0 radical (unpaired) electrons.